The van der Waals surface area contributed by atoms with E-state index in [0.717, 1.165) is 28.6 Å². The molecule has 0 saturated carbocycles. The van der Waals surface area contributed by atoms with Gasteiger partial charge in [0.1, 0.15) is 4.32 Å². The quantitative estimate of drug-likeness (QED) is 0.260. The Morgan fingerprint density at radius 3 is 2.67 bits per heavy atom. The van der Waals surface area contributed by atoms with Crippen LogP contribution in [0.25, 0.3) is 17.0 Å². The topological polar surface area (TPSA) is 45.2 Å². The zero-order chi connectivity index (χ0) is 21.1. The van der Waals surface area contributed by atoms with Crippen LogP contribution in [-0.2, 0) is 4.79 Å². The van der Waals surface area contributed by atoms with Crippen LogP contribution in [0.15, 0.2) is 59.6 Å². The fourth-order valence-electron chi connectivity index (χ4n) is 3.14. The molecule has 4 rings (SSSR count). The molecule has 0 radical (unpaired) electrons. The number of carbonyl (C=O) groups is 1. The van der Waals surface area contributed by atoms with E-state index in [1.807, 2.05) is 42.5 Å². The normalized spacial score (nSPS) is 15.4. The van der Waals surface area contributed by atoms with Crippen LogP contribution in [0.2, 0.25) is 10.0 Å². The lowest BCUT2D eigenvalue weighted by Crippen LogP contribution is -2.30. The van der Waals surface area contributed by atoms with Gasteiger partial charge in [0.05, 0.1) is 10.4 Å². The summed E-state index contributed by atoms with van der Waals surface area (Å²) >= 11 is 18.7. The molecule has 2 heterocycles. The molecule has 1 aliphatic rings. The molecule has 0 bridgehead atoms. The molecule has 4 nitrogen and oxygen atoms in total. The van der Waals surface area contributed by atoms with Crippen molar-refractivity contribution in [1.29, 1.82) is 0 Å². The Morgan fingerprint density at radius 2 is 1.87 bits per heavy atom. The number of hydrogen-bond acceptors (Lipinski definition) is 5. The van der Waals surface area contributed by atoms with E-state index >= 15 is 0 Å². The second kappa shape index (κ2) is 9.35. The van der Waals surface area contributed by atoms with Gasteiger partial charge in [0.25, 0.3) is 5.91 Å². The number of aromatic nitrogens is 1. The number of anilines is 1. The number of pyridine rings is 1. The summed E-state index contributed by atoms with van der Waals surface area (Å²) in [6, 6.07) is 14.9. The molecule has 1 N–H and O–H groups in total. The van der Waals surface area contributed by atoms with Crippen molar-refractivity contribution in [2.75, 3.05) is 18.4 Å². The summed E-state index contributed by atoms with van der Waals surface area (Å²) in [5, 5.41) is 5.76. The number of thioether (sulfide) groups is 1. The van der Waals surface area contributed by atoms with E-state index < -0.39 is 0 Å². The van der Waals surface area contributed by atoms with Crippen LogP contribution in [0.4, 0.5) is 5.69 Å². The highest BCUT2D eigenvalue weighted by Crippen LogP contribution is 2.33. The summed E-state index contributed by atoms with van der Waals surface area (Å²) in [5.74, 6) is -0.0519. The predicted octanol–water partition coefficient (Wildman–Crippen LogP) is 6.25. The highest BCUT2D eigenvalue weighted by Gasteiger charge is 2.31. The van der Waals surface area contributed by atoms with Crippen molar-refractivity contribution in [3.8, 4) is 0 Å². The standard InChI is InChI=1S/C22H17Cl2N3OS2/c23-15-4-2-14(3-5-15)12-20-21(28)27(22(29)30-20)11-1-9-25-18-8-10-26-19-13-16(24)6-7-17(18)19/h2-8,10,12-13H,1,9,11H2,(H,25,26)/b20-12-. The molecule has 0 atom stereocenters. The number of rotatable bonds is 6. The number of benzene rings is 2. The van der Waals surface area contributed by atoms with Crippen LogP contribution in [0.3, 0.4) is 0 Å². The van der Waals surface area contributed by atoms with Crippen molar-refractivity contribution < 1.29 is 4.79 Å². The molecule has 8 heteroatoms. The molecule has 0 unspecified atom stereocenters. The molecule has 1 aromatic heterocycles. The highest BCUT2D eigenvalue weighted by atomic mass is 35.5. The second-order valence-electron chi connectivity index (χ2n) is 6.69. The summed E-state index contributed by atoms with van der Waals surface area (Å²) in [4.78, 5) is 19.4. The number of nitrogens with one attached hydrogen (secondary N) is 1. The smallest absolute Gasteiger partial charge is 0.266 e. The van der Waals surface area contributed by atoms with Gasteiger partial charge in [0.15, 0.2) is 0 Å². The summed E-state index contributed by atoms with van der Waals surface area (Å²) in [6.07, 6.45) is 4.37. The maximum atomic E-state index is 12.7. The van der Waals surface area contributed by atoms with E-state index in [1.165, 1.54) is 11.8 Å². The molecule has 1 amide bonds. The van der Waals surface area contributed by atoms with E-state index in [1.54, 1.807) is 23.2 Å². The minimum Gasteiger partial charge on any atom is -0.384 e. The van der Waals surface area contributed by atoms with Crippen LogP contribution in [0, 0.1) is 0 Å². The first kappa shape index (κ1) is 21.1. The fraction of sp³-hybridized carbons (Fsp3) is 0.136. The van der Waals surface area contributed by atoms with Gasteiger partial charge in [0.2, 0.25) is 0 Å². The lowest BCUT2D eigenvalue weighted by Gasteiger charge is -2.15. The first-order valence-corrected chi connectivity index (χ1v) is 11.3. The number of halogens is 2. The number of carbonyl (C=O) groups excluding carboxylic acids is 1. The zero-order valence-electron chi connectivity index (χ0n) is 15.8. The maximum absolute atomic E-state index is 12.7. The number of fused-ring (bicyclic) bond motifs is 1. The third-order valence-corrected chi connectivity index (χ3v) is 6.48. The fourth-order valence-corrected chi connectivity index (χ4v) is 4.74. The Bertz CT molecular complexity index is 1150. The lowest BCUT2D eigenvalue weighted by atomic mass is 10.2. The maximum Gasteiger partial charge on any atom is 0.266 e. The molecular weight excluding hydrogens is 457 g/mol. The Hall–Kier alpha value is -2.12. The van der Waals surface area contributed by atoms with E-state index in [9.17, 15) is 4.79 Å². The number of hydrogen-bond donors (Lipinski definition) is 1. The summed E-state index contributed by atoms with van der Waals surface area (Å²) in [6.45, 7) is 1.26. The van der Waals surface area contributed by atoms with Gasteiger partial charge in [-0.15, -0.1) is 0 Å². The molecular formula is C22H17Cl2N3OS2. The average Bonchev–Trinajstić information content (AvgIpc) is 2.99. The van der Waals surface area contributed by atoms with Crippen LogP contribution < -0.4 is 5.32 Å². The third-order valence-electron chi connectivity index (χ3n) is 4.62. The number of thiocarbonyl (C=S) groups is 1. The van der Waals surface area contributed by atoms with Crippen molar-refractivity contribution in [2.24, 2.45) is 0 Å². The molecule has 1 saturated heterocycles. The van der Waals surface area contributed by atoms with Crippen molar-refractivity contribution in [3.05, 3.63) is 75.2 Å². The Labute approximate surface area is 194 Å². The molecule has 3 aromatic rings. The second-order valence-corrected chi connectivity index (χ2v) is 9.23. The SMILES string of the molecule is O=C1/C(=C/c2ccc(Cl)cc2)SC(=S)N1CCCNc1ccnc2cc(Cl)ccc12. The van der Waals surface area contributed by atoms with Crippen molar-refractivity contribution in [1.82, 2.24) is 9.88 Å². The van der Waals surface area contributed by atoms with Gasteiger partial charge in [0, 0.05) is 40.4 Å². The minimum atomic E-state index is -0.0519. The summed E-state index contributed by atoms with van der Waals surface area (Å²) < 4.78 is 0.587. The average molecular weight is 474 g/mol. The number of amides is 1. The third kappa shape index (κ3) is 4.78. The van der Waals surface area contributed by atoms with Gasteiger partial charge in [-0.3, -0.25) is 14.7 Å². The predicted molar refractivity (Wildman–Crippen MR) is 131 cm³/mol. The van der Waals surface area contributed by atoms with Gasteiger partial charge >= 0.3 is 0 Å². The Kier molecular flexibility index (Phi) is 6.58. The van der Waals surface area contributed by atoms with Crippen LogP contribution in [-0.4, -0.2) is 33.2 Å². The van der Waals surface area contributed by atoms with E-state index in [4.69, 9.17) is 35.4 Å². The summed E-state index contributed by atoms with van der Waals surface area (Å²) in [5.41, 5.74) is 2.76. The first-order chi connectivity index (χ1) is 14.5. The molecule has 2 aromatic carbocycles. The Balaban J connectivity index is 1.36. The number of nitrogens with zero attached hydrogens (tertiary/aromatic N) is 2. The van der Waals surface area contributed by atoms with E-state index in [2.05, 4.69) is 10.3 Å². The van der Waals surface area contributed by atoms with Gasteiger partial charge in [-0.2, -0.15) is 0 Å². The van der Waals surface area contributed by atoms with Crippen LogP contribution in [0.5, 0.6) is 0 Å². The highest BCUT2D eigenvalue weighted by molar-refractivity contribution is 8.26. The van der Waals surface area contributed by atoms with Crippen LogP contribution >= 0.6 is 47.2 Å². The lowest BCUT2D eigenvalue weighted by molar-refractivity contribution is -0.122. The molecule has 152 valence electrons. The zero-order valence-corrected chi connectivity index (χ0v) is 18.9. The monoisotopic (exact) mass is 473 g/mol. The van der Waals surface area contributed by atoms with Crippen molar-refractivity contribution in [3.63, 3.8) is 0 Å². The van der Waals surface area contributed by atoms with Gasteiger partial charge in [-0.05, 0) is 54.5 Å². The van der Waals surface area contributed by atoms with E-state index in [0.29, 0.717) is 32.4 Å². The first-order valence-electron chi connectivity index (χ1n) is 9.30. The van der Waals surface area contributed by atoms with Crippen molar-refractivity contribution in [2.45, 2.75) is 6.42 Å². The summed E-state index contributed by atoms with van der Waals surface area (Å²) in [7, 11) is 0. The largest absolute Gasteiger partial charge is 0.384 e. The minimum absolute atomic E-state index is 0.0519. The molecule has 1 fully saturated rings. The van der Waals surface area contributed by atoms with E-state index in [-0.39, 0.29) is 5.91 Å². The molecule has 0 aliphatic carbocycles. The van der Waals surface area contributed by atoms with Gasteiger partial charge < -0.3 is 5.32 Å². The Morgan fingerprint density at radius 1 is 1.10 bits per heavy atom. The van der Waals surface area contributed by atoms with Gasteiger partial charge in [-0.1, -0.05) is 59.3 Å². The van der Waals surface area contributed by atoms with Crippen molar-refractivity contribution >= 4 is 80.1 Å². The van der Waals surface area contributed by atoms with Gasteiger partial charge in [-0.25, -0.2) is 0 Å². The molecule has 0 spiro atoms. The van der Waals surface area contributed by atoms with Crippen LogP contribution in [0.1, 0.15) is 12.0 Å². The molecule has 1 aliphatic heterocycles. The molecule has 30 heavy (non-hydrogen) atoms.